The number of carbonyl (C=O) groups excluding carboxylic acids is 1. The lowest BCUT2D eigenvalue weighted by molar-refractivity contribution is -0.388. The van der Waals surface area contributed by atoms with Gasteiger partial charge in [-0.1, -0.05) is 6.92 Å². The summed E-state index contributed by atoms with van der Waals surface area (Å²) in [6.07, 6.45) is 5.31. The van der Waals surface area contributed by atoms with E-state index in [0.717, 1.165) is 81.6 Å². The lowest BCUT2D eigenvalue weighted by Gasteiger charge is -2.32. The number of hydrogen-bond donors (Lipinski definition) is 1. The summed E-state index contributed by atoms with van der Waals surface area (Å²) in [4.78, 5) is 28.6. The summed E-state index contributed by atoms with van der Waals surface area (Å²) in [6.45, 7) is 3.71. The van der Waals surface area contributed by atoms with Gasteiger partial charge in [-0.15, -0.1) is 0 Å². The molecule has 1 aliphatic heterocycles. The second kappa shape index (κ2) is 13.3. The molecule has 8 nitrogen and oxygen atoms in total. The molecule has 11 heteroatoms. The number of nitro benzene ring substituents is 1. The highest BCUT2D eigenvalue weighted by molar-refractivity contribution is 5.76. The third kappa shape index (κ3) is 8.08. The van der Waals surface area contributed by atoms with Gasteiger partial charge in [0.1, 0.15) is 11.3 Å². The molecule has 218 valence electrons. The van der Waals surface area contributed by atoms with Crippen LogP contribution in [0.25, 0.3) is 0 Å². The van der Waals surface area contributed by atoms with Gasteiger partial charge in [0.05, 0.1) is 11.0 Å². The standard InChI is InChI=1S/C29H37F3N4O4/c1-2-3-28(37)35-16-13-20(14-17-35)4-5-22-18-25(12-15-33-22)40-24-9-6-21(7-10-24)34-23-8-11-27(36(38)39)26(19-23)29(30,31)32/h8,11-12,15,18-21,24,34H,2-7,9-10,13-14,16-17H2,1H3. The molecule has 2 aromatic rings. The van der Waals surface area contributed by atoms with Gasteiger partial charge in [-0.2, -0.15) is 13.2 Å². The zero-order valence-corrected chi connectivity index (χ0v) is 22.8. The quantitative estimate of drug-likeness (QED) is 0.253. The maximum atomic E-state index is 13.3. The van der Waals surface area contributed by atoms with Crippen molar-refractivity contribution in [1.82, 2.24) is 9.88 Å². The molecule has 0 atom stereocenters. The number of rotatable bonds is 10. The average molecular weight is 563 g/mol. The minimum absolute atomic E-state index is 0.000817. The first-order valence-electron chi connectivity index (χ1n) is 14.1. The fourth-order valence-corrected chi connectivity index (χ4v) is 5.63. The Morgan fingerprint density at radius 1 is 1.12 bits per heavy atom. The highest BCUT2D eigenvalue weighted by Crippen LogP contribution is 2.38. The third-order valence-corrected chi connectivity index (χ3v) is 7.87. The monoisotopic (exact) mass is 562 g/mol. The van der Waals surface area contributed by atoms with Crippen molar-refractivity contribution >= 4 is 17.3 Å². The number of halogens is 3. The molecule has 0 unspecified atom stereocenters. The molecule has 1 saturated carbocycles. The Bertz CT molecular complexity index is 1160. The van der Waals surface area contributed by atoms with Crippen LogP contribution in [0.2, 0.25) is 0 Å². The van der Waals surface area contributed by atoms with Gasteiger partial charge in [0, 0.05) is 55.3 Å². The fourth-order valence-electron chi connectivity index (χ4n) is 5.63. The number of amides is 1. The van der Waals surface area contributed by atoms with E-state index >= 15 is 0 Å². The lowest BCUT2D eigenvalue weighted by Crippen LogP contribution is -2.38. The maximum absolute atomic E-state index is 13.3. The number of ether oxygens (including phenoxy) is 1. The average Bonchev–Trinajstić information content (AvgIpc) is 2.93. The van der Waals surface area contributed by atoms with Crippen LogP contribution in [0.4, 0.5) is 24.5 Å². The number of nitrogens with one attached hydrogen (secondary N) is 1. The van der Waals surface area contributed by atoms with Crippen LogP contribution in [0.5, 0.6) is 5.75 Å². The molecule has 0 spiro atoms. The first-order valence-corrected chi connectivity index (χ1v) is 14.1. The van der Waals surface area contributed by atoms with E-state index in [0.29, 0.717) is 25.2 Å². The molecule has 4 rings (SSSR count). The van der Waals surface area contributed by atoms with Crippen molar-refractivity contribution in [2.45, 2.75) is 89.5 Å². The van der Waals surface area contributed by atoms with Crippen LogP contribution in [0.15, 0.2) is 36.5 Å². The number of nitro groups is 1. The Morgan fingerprint density at radius 2 is 1.85 bits per heavy atom. The van der Waals surface area contributed by atoms with Crippen molar-refractivity contribution in [3.8, 4) is 5.75 Å². The van der Waals surface area contributed by atoms with E-state index in [2.05, 4.69) is 10.3 Å². The summed E-state index contributed by atoms with van der Waals surface area (Å²) in [5.41, 5.74) is -0.994. The summed E-state index contributed by atoms with van der Waals surface area (Å²) in [6, 6.07) is 6.83. The summed E-state index contributed by atoms with van der Waals surface area (Å²) >= 11 is 0. The number of pyridine rings is 1. The van der Waals surface area contributed by atoms with Gasteiger partial charge in [-0.3, -0.25) is 19.9 Å². The fraction of sp³-hybridized carbons (Fsp3) is 0.586. The zero-order valence-electron chi connectivity index (χ0n) is 22.8. The Balaban J connectivity index is 1.22. The van der Waals surface area contributed by atoms with E-state index < -0.39 is 22.4 Å². The molecule has 1 aromatic heterocycles. The van der Waals surface area contributed by atoms with Crippen LogP contribution in [0.1, 0.15) is 76.0 Å². The topological polar surface area (TPSA) is 97.6 Å². The van der Waals surface area contributed by atoms with Gasteiger partial charge >= 0.3 is 6.18 Å². The highest BCUT2D eigenvalue weighted by Gasteiger charge is 2.38. The normalized spacial score (nSPS) is 20.2. The highest BCUT2D eigenvalue weighted by atomic mass is 19.4. The molecule has 0 radical (unpaired) electrons. The molecular formula is C29H37F3N4O4. The van der Waals surface area contributed by atoms with Gasteiger partial charge in [0.2, 0.25) is 5.91 Å². The minimum Gasteiger partial charge on any atom is -0.490 e. The van der Waals surface area contributed by atoms with E-state index in [1.807, 2.05) is 24.0 Å². The van der Waals surface area contributed by atoms with Crippen LogP contribution >= 0.6 is 0 Å². The van der Waals surface area contributed by atoms with Crippen LogP contribution in [-0.2, 0) is 17.4 Å². The lowest BCUT2D eigenvalue weighted by atomic mass is 9.91. The number of likely N-dealkylation sites (tertiary alicyclic amines) is 1. The maximum Gasteiger partial charge on any atom is 0.423 e. The molecule has 1 aliphatic carbocycles. The minimum atomic E-state index is -4.80. The number of piperidine rings is 1. The summed E-state index contributed by atoms with van der Waals surface area (Å²) in [7, 11) is 0. The summed E-state index contributed by atoms with van der Waals surface area (Å²) < 4.78 is 46.1. The smallest absolute Gasteiger partial charge is 0.423 e. The number of carbonyl (C=O) groups is 1. The van der Waals surface area contributed by atoms with Gasteiger partial charge < -0.3 is 15.0 Å². The van der Waals surface area contributed by atoms with E-state index in [1.165, 1.54) is 6.07 Å². The van der Waals surface area contributed by atoms with E-state index in [4.69, 9.17) is 4.74 Å². The van der Waals surface area contributed by atoms with Crippen LogP contribution < -0.4 is 10.1 Å². The van der Waals surface area contributed by atoms with Gasteiger partial charge in [-0.05, 0) is 81.9 Å². The molecule has 1 N–H and O–H groups in total. The van der Waals surface area contributed by atoms with Crippen molar-refractivity contribution in [1.29, 1.82) is 0 Å². The van der Waals surface area contributed by atoms with Gasteiger partial charge in [0.15, 0.2) is 0 Å². The van der Waals surface area contributed by atoms with Crippen molar-refractivity contribution in [2.75, 3.05) is 18.4 Å². The Labute approximate surface area is 232 Å². The first-order chi connectivity index (χ1) is 19.1. The number of anilines is 1. The zero-order chi connectivity index (χ0) is 28.7. The molecule has 40 heavy (non-hydrogen) atoms. The van der Waals surface area contributed by atoms with E-state index in [9.17, 15) is 28.1 Å². The second-order valence-corrected chi connectivity index (χ2v) is 10.8. The van der Waals surface area contributed by atoms with Gasteiger partial charge in [0.25, 0.3) is 5.69 Å². The Hall–Kier alpha value is -3.37. The number of aryl methyl sites for hydroxylation is 1. The first kappa shape index (κ1) is 29.6. The molecule has 1 saturated heterocycles. The second-order valence-electron chi connectivity index (χ2n) is 10.8. The molecule has 2 fully saturated rings. The molecular weight excluding hydrogens is 525 g/mol. The molecule has 2 heterocycles. The number of aromatic nitrogens is 1. The molecule has 1 aromatic carbocycles. The van der Waals surface area contributed by atoms with Crippen molar-refractivity contribution in [3.05, 3.63) is 57.9 Å². The summed E-state index contributed by atoms with van der Waals surface area (Å²) in [5.74, 6) is 1.62. The molecule has 1 amide bonds. The number of benzene rings is 1. The predicted octanol–water partition coefficient (Wildman–Crippen LogP) is 6.78. The third-order valence-electron chi connectivity index (χ3n) is 7.87. The Kier molecular flexibility index (Phi) is 9.86. The largest absolute Gasteiger partial charge is 0.490 e. The van der Waals surface area contributed by atoms with E-state index in [1.54, 1.807) is 6.20 Å². The van der Waals surface area contributed by atoms with Gasteiger partial charge in [-0.25, -0.2) is 0 Å². The van der Waals surface area contributed by atoms with Crippen molar-refractivity contribution in [2.24, 2.45) is 5.92 Å². The number of hydrogen-bond acceptors (Lipinski definition) is 6. The van der Waals surface area contributed by atoms with Crippen LogP contribution in [-0.4, -0.2) is 45.9 Å². The summed E-state index contributed by atoms with van der Waals surface area (Å²) in [5, 5.41) is 14.1. The number of nitrogens with zero attached hydrogens (tertiary/aromatic N) is 3. The molecule has 2 aliphatic rings. The van der Waals surface area contributed by atoms with Crippen LogP contribution in [0, 0.1) is 16.0 Å². The van der Waals surface area contributed by atoms with Crippen molar-refractivity contribution < 1.29 is 27.6 Å². The van der Waals surface area contributed by atoms with Crippen LogP contribution in [0.3, 0.4) is 0 Å². The number of alkyl halides is 3. The van der Waals surface area contributed by atoms with E-state index in [-0.39, 0.29) is 23.7 Å². The SMILES string of the molecule is CCCC(=O)N1CCC(CCc2cc(OC3CCC(Nc4ccc([N+](=O)[O-])c(C(F)(F)F)c4)CC3)ccn2)CC1. The predicted molar refractivity (Wildman–Crippen MR) is 145 cm³/mol. The Morgan fingerprint density at radius 3 is 2.50 bits per heavy atom. The van der Waals surface area contributed by atoms with Crippen molar-refractivity contribution in [3.63, 3.8) is 0 Å². The molecule has 0 bridgehead atoms.